The zero-order chi connectivity index (χ0) is 87.6. The van der Waals surface area contributed by atoms with E-state index in [0.717, 1.165) is 4.72 Å². The minimum atomic E-state index is -6.54. The van der Waals surface area contributed by atoms with E-state index >= 15 is 0 Å². The van der Waals surface area contributed by atoms with Gasteiger partial charge in [-0.25, -0.2) is 95.9 Å². The maximum absolute atomic E-state index is 14.6. The smallest absolute Gasteiger partial charge is 0.735 e. The summed E-state index contributed by atoms with van der Waals surface area (Å²) in [6.07, 6.45) is -66.5. The first-order valence-electron chi connectivity index (χ1n) is 32.5. The molecule has 3 aromatic rings. The molecular formula is C55H65N3Na8O52S8. The molecule has 25 atom stereocenters. The van der Waals surface area contributed by atoms with Crippen molar-refractivity contribution < 1.29 is 473 Å². The number of aliphatic hydroxyl groups is 7. The Hall–Kier alpha value is 1.93. The summed E-state index contributed by atoms with van der Waals surface area (Å²) < 4.78 is 392. The van der Waals surface area contributed by atoms with Crippen LogP contribution in [0.4, 0.5) is 0 Å². The van der Waals surface area contributed by atoms with E-state index in [2.05, 4.69) is 20.9 Å². The molecule has 5 heterocycles. The molecule has 5 aliphatic heterocycles. The number of carbonyl (C=O) groups is 3. The molecule has 0 aromatic heterocycles. The number of aliphatic hydroxyl groups excluding tert-OH is 7. The summed E-state index contributed by atoms with van der Waals surface area (Å²) in [5.74, 6) is -6.27. The number of rotatable bonds is 39. The molecule has 0 spiro atoms. The van der Waals surface area contributed by atoms with Crippen LogP contribution in [0.3, 0.4) is 0 Å². The van der Waals surface area contributed by atoms with Crippen LogP contribution in [0.15, 0.2) is 103 Å². The zero-order valence-corrected chi connectivity index (χ0v) is 88.9. The number of hydrogen-bond acceptors (Lipinski definition) is 52. The van der Waals surface area contributed by atoms with Crippen molar-refractivity contribution in [3.05, 3.63) is 120 Å². The molecule has 55 nitrogen and oxygen atoms in total. The van der Waals surface area contributed by atoms with Crippen molar-refractivity contribution in [1.82, 2.24) is 14.2 Å². The van der Waals surface area contributed by atoms with Gasteiger partial charge in [-0.15, -0.1) is 0 Å². The number of esters is 3. The Morgan fingerprint density at radius 1 is 0.349 bits per heavy atom. The second-order valence-electron chi connectivity index (χ2n) is 24.8. The van der Waals surface area contributed by atoms with Gasteiger partial charge in [-0.1, -0.05) is 91.0 Å². The summed E-state index contributed by atoms with van der Waals surface area (Å²) in [5.41, 5.74) is 0.472. The van der Waals surface area contributed by atoms with Crippen LogP contribution >= 0.6 is 0 Å². The molecule has 126 heavy (non-hydrogen) atoms. The Labute approximate surface area is 894 Å². The molecule has 10 N–H and O–H groups in total. The van der Waals surface area contributed by atoms with E-state index in [0.29, 0.717) is 11.6 Å². The first kappa shape index (κ1) is 128. The van der Waals surface area contributed by atoms with E-state index < -0.39 is 306 Å². The number of ether oxygens (including phenoxy) is 13. The van der Waals surface area contributed by atoms with Gasteiger partial charge in [0.15, 0.2) is 80.5 Å². The Balaban J connectivity index is 0.0000195. The number of carbonyl (C=O) groups excluding carboxylic acids is 3. The first-order valence-corrected chi connectivity index (χ1v) is 43.4. The zero-order valence-electron chi connectivity index (χ0n) is 66.4. The topological polar surface area (TPSA) is 853 Å². The molecule has 5 fully saturated rings. The van der Waals surface area contributed by atoms with Gasteiger partial charge in [-0.2, -0.15) is 0 Å². The minimum Gasteiger partial charge on any atom is -0.735 e. The van der Waals surface area contributed by atoms with E-state index in [1.54, 1.807) is 6.07 Å². The second-order valence-corrected chi connectivity index (χ2v) is 33.4. The third-order valence-electron chi connectivity index (χ3n) is 16.5. The van der Waals surface area contributed by atoms with E-state index in [4.69, 9.17) is 61.6 Å². The van der Waals surface area contributed by atoms with Crippen LogP contribution in [0.5, 0.6) is 0 Å². The standard InChI is InChI=1S/C55H73N3O52S8.8Na/c59-17-27(16-31(60)93-18-24-10-4-1-5-11-24)99-51-33(57-112(72,73)74)37(63)41(29(101-51)22-97-115(81,82)83)103-54-46(110-118(90,91)92)40(66)44(48(108-54)50(68)95-20-26-14-8-3-9-15-26)106-53-34(58-113(75,76)77)38(64)42(30(102-53)23-98-116(84,85)86)104-55-45(109-117(87,88)89)39(65)43(47(107-55)49(67)94-19-25-12-6-2-7-13-25)105-52-32(56-111(69,70)71)36(62)35(61)28(100-52)21-96-114(78,79)80;;;;;;;;/h1-16,28-30,32-48,51-59,61-66H,17-23H2,(H,69,70,71)(H,72,73,74)(H,75,76,77)(H,78,79,80)(H,81,82,83)(H,84,85,86)(H,87,88,89)(H,90,91,92);;;;;;;;/q;8*+1/p-8/b27-16+;;;;;;;;. The first-order chi connectivity index (χ1) is 54.6. The van der Waals surface area contributed by atoms with Crippen LogP contribution in [0.25, 0.3) is 0 Å². The molecule has 5 saturated heterocycles. The van der Waals surface area contributed by atoms with Crippen molar-refractivity contribution in [2.75, 3.05) is 26.4 Å². The van der Waals surface area contributed by atoms with Crippen molar-refractivity contribution in [2.24, 2.45) is 0 Å². The third-order valence-corrected chi connectivity index (χ3v) is 20.4. The third kappa shape index (κ3) is 41.4. The van der Waals surface area contributed by atoms with E-state index in [9.17, 15) is 154 Å². The van der Waals surface area contributed by atoms with Crippen molar-refractivity contribution in [2.45, 2.75) is 173 Å². The van der Waals surface area contributed by atoms with Crippen LogP contribution in [0.2, 0.25) is 0 Å². The largest absolute Gasteiger partial charge is 1.00 e. The van der Waals surface area contributed by atoms with Crippen LogP contribution in [-0.2, 0) is 200 Å². The molecule has 668 valence electrons. The quantitative estimate of drug-likeness (QED) is 0.00482. The monoisotopic (exact) mass is 2040 g/mol. The Kier molecular flexibility index (Phi) is 56.7. The molecule has 25 unspecified atom stereocenters. The Morgan fingerprint density at radius 3 is 0.960 bits per heavy atom. The van der Waals surface area contributed by atoms with Crippen molar-refractivity contribution in [1.29, 1.82) is 0 Å². The van der Waals surface area contributed by atoms with Crippen LogP contribution in [0.1, 0.15) is 16.7 Å². The van der Waals surface area contributed by atoms with Crippen molar-refractivity contribution in [3.8, 4) is 0 Å². The van der Waals surface area contributed by atoms with E-state index in [-0.39, 0.29) is 248 Å². The molecule has 0 bridgehead atoms. The van der Waals surface area contributed by atoms with Crippen LogP contribution in [-0.4, -0.2) is 337 Å². The van der Waals surface area contributed by atoms with Crippen LogP contribution in [0, 0.1) is 0 Å². The number of nitrogens with one attached hydrogen (secondary N) is 3. The van der Waals surface area contributed by atoms with Crippen LogP contribution < -0.4 is 251 Å². The fourth-order valence-corrected chi connectivity index (χ4v) is 15.2. The van der Waals surface area contributed by atoms with Gasteiger partial charge in [0.05, 0.1) is 25.9 Å². The summed E-state index contributed by atoms with van der Waals surface area (Å²) in [6.45, 7) is -9.20. The number of benzene rings is 3. The van der Waals surface area contributed by atoms with Gasteiger partial charge >= 0.3 is 254 Å². The van der Waals surface area contributed by atoms with Gasteiger partial charge in [-0.3, -0.25) is 20.9 Å². The Morgan fingerprint density at radius 2 is 0.643 bits per heavy atom. The van der Waals surface area contributed by atoms with E-state index in [1.165, 1.54) is 94.4 Å². The van der Waals surface area contributed by atoms with Crippen molar-refractivity contribution in [3.63, 3.8) is 0 Å². The molecule has 3 aromatic carbocycles. The maximum Gasteiger partial charge on any atom is 1.00 e. The van der Waals surface area contributed by atoms with Gasteiger partial charge in [0.25, 0.3) is 0 Å². The summed E-state index contributed by atoms with van der Waals surface area (Å²) in [7, 11) is -49.4. The van der Waals surface area contributed by atoms with Gasteiger partial charge < -0.3 is 134 Å². The second kappa shape index (κ2) is 55.8. The molecule has 0 radical (unpaired) electrons. The predicted octanol–water partition coefficient (Wildman–Crippen LogP) is -36.2. The average molecular weight is 2040 g/mol. The Bertz CT molecular complexity index is 4930. The molecule has 8 rings (SSSR count). The predicted molar refractivity (Wildman–Crippen MR) is 350 cm³/mol. The fraction of sp³-hybridized carbons (Fsp3) is 0.582. The minimum absolute atomic E-state index is 0. The molecular weight excluding hydrogens is 1980 g/mol. The number of hydrogen-bond donors (Lipinski definition) is 10. The molecule has 5 aliphatic rings. The summed E-state index contributed by atoms with van der Waals surface area (Å²) in [6, 6.07) is 12.2. The normalized spacial score (nSPS) is 30.4. The summed E-state index contributed by atoms with van der Waals surface area (Å²) in [4.78, 5) is 41.9. The van der Waals surface area contributed by atoms with Gasteiger partial charge in [-0.05, 0) is 16.7 Å². The fourth-order valence-electron chi connectivity index (χ4n) is 11.6. The molecule has 0 saturated carbocycles. The average Bonchev–Trinajstić information content (AvgIpc) is 0.753. The summed E-state index contributed by atoms with van der Waals surface area (Å²) >= 11 is 0. The van der Waals surface area contributed by atoms with Gasteiger partial charge in [0.2, 0.25) is 58.3 Å². The SMILES string of the molecule is O=C(/C=C(\CO)OC1OC(COS(=O)(=O)[O-])C(OC2OC(C(=O)OCc3ccccc3)C(OC3OC(COS(=O)(=O)[O-])C(OC4OC(C(=O)OCc5ccccc5)C(OC5OC(COS(=O)(=O)[O-])C(O)C(O)C5NS(=O)(=O)[O-])C(O)C4OS(=O)(=O)[O-])C(O)C3NS(=O)(=O)[O-])C(O)C2OS(=O)(=O)[O-])C(O)C1NS(=O)(=O)[O-])OCc1ccccc1.[Na+].[Na+].[Na+].[Na+].[Na+].[Na+].[Na+].[Na+]. The molecule has 0 amide bonds. The maximum atomic E-state index is 14.6. The van der Waals surface area contributed by atoms with E-state index in [1.807, 2.05) is 0 Å². The van der Waals surface area contributed by atoms with Gasteiger partial charge in [0, 0.05) is 0 Å². The van der Waals surface area contributed by atoms with Gasteiger partial charge in [0.1, 0.15) is 130 Å². The van der Waals surface area contributed by atoms with Crippen molar-refractivity contribution >= 4 is 101 Å². The molecule has 71 heteroatoms. The summed E-state index contributed by atoms with van der Waals surface area (Å²) in [5, 5.41) is 81.0. The molecule has 0 aliphatic carbocycles.